The molecule has 0 bridgehead atoms. The van der Waals surface area contributed by atoms with E-state index in [-0.39, 0.29) is 30.9 Å². The van der Waals surface area contributed by atoms with Crippen LogP contribution in [-0.4, -0.2) is 49.2 Å². The van der Waals surface area contributed by atoms with E-state index in [0.717, 1.165) is 29.7 Å². The van der Waals surface area contributed by atoms with E-state index in [2.05, 4.69) is 17.7 Å². The van der Waals surface area contributed by atoms with Crippen LogP contribution in [0.1, 0.15) is 44.6 Å². The Hall–Kier alpha value is -3.07. The van der Waals surface area contributed by atoms with Crippen LogP contribution in [0.5, 0.6) is 0 Å². The summed E-state index contributed by atoms with van der Waals surface area (Å²) in [4.78, 5) is 28.1. The van der Waals surface area contributed by atoms with Gasteiger partial charge in [-0.25, -0.2) is 14.6 Å². The van der Waals surface area contributed by atoms with Crippen molar-refractivity contribution in [2.75, 3.05) is 25.2 Å². The highest BCUT2D eigenvalue weighted by molar-refractivity contribution is 6.36. The molecule has 3 aliphatic rings. The zero-order chi connectivity index (χ0) is 28.4. The zero-order valence-electron chi connectivity index (χ0n) is 22.6. The maximum atomic E-state index is 13.8. The highest BCUT2D eigenvalue weighted by Gasteiger charge is 2.43. The normalized spacial score (nSPS) is 21.4. The molecule has 0 aromatic heterocycles. The van der Waals surface area contributed by atoms with E-state index >= 15 is 0 Å². The smallest absolute Gasteiger partial charge is 0.410 e. The largest absolute Gasteiger partial charge is 0.453 e. The molecule has 1 saturated carbocycles. The van der Waals surface area contributed by atoms with Crippen molar-refractivity contribution in [3.8, 4) is 0 Å². The molecule has 0 radical (unpaired) electrons. The van der Waals surface area contributed by atoms with E-state index in [4.69, 9.17) is 27.9 Å². The predicted octanol–water partition coefficient (Wildman–Crippen LogP) is 6.33. The molecule has 1 unspecified atom stereocenters. The third-order valence-electron chi connectivity index (χ3n) is 7.94. The summed E-state index contributed by atoms with van der Waals surface area (Å²) in [6, 6.07) is 10.5. The number of nitrogens with one attached hydrogen (secondary N) is 2. The van der Waals surface area contributed by atoms with Crippen LogP contribution in [0, 0.1) is 11.7 Å². The van der Waals surface area contributed by atoms with Crippen molar-refractivity contribution in [2.45, 2.75) is 51.1 Å². The van der Waals surface area contributed by atoms with Gasteiger partial charge in [-0.1, -0.05) is 54.6 Å². The molecule has 2 amide bonds. The molecule has 5 rings (SSSR count). The minimum Gasteiger partial charge on any atom is -0.453 e. The minimum absolute atomic E-state index is 0.0151. The third kappa shape index (κ3) is 5.99. The van der Waals surface area contributed by atoms with Crippen molar-refractivity contribution >= 4 is 47.0 Å². The summed E-state index contributed by atoms with van der Waals surface area (Å²) >= 11 is 12.8. The predicted molar refractivity (Wildman–Crippen MR) is 155 cm³/mol. The SMILES string of the molecule is COC(=O)N1CC2=C(/C(=C/c3ccc(F)cc3)C1)N(c1ccc(Cl)cc1Cl)NC2C(=O)N[C@@H](C)C1CCCCC1. The van der Waals surface area contributed by atoms with Gasteiger partial charge in [0.25, 0.3) is 0 Å². The molecular weight excluding hydrogens is 554 g/mol. The number of benzene rings is 2. The highest BCUT2D eigenvalue weighted by Crippen LogP contribution is 2.40. The van der Waals surface area contributed by atoms with Crippen LogP contribution in [0.3, 0.4) is 0 Å². The van der Waals surface area contributed by atoms with Gasteiger partial charge in [-0.05, 0) is 73.2 Å². The summed E-state index contributed by atoms with van der Waals surface area (Å²) in [6.45, 7) is 2.47. The average Bonchev–Trinajstić information content (AvgIpc) is 3.34. The average molecular weight is 588 g/mol. The fourth-order valence-electron chi connectivity index (χ4n) is 5.87. The quantitative estimate of drug-likeness (QED) is 0.428. The Bertz CT molecular complexity index is 1340. The molecule has 0 saturated heterocycles. The van der Waals surface area contributed by atoms with Gasteiger partial charge in [0.15, 0.2) is 0 Å². The van der Waals surface area contributed by atoms with Gasteiger partial charge in [-0.2, -0.15) is 0 Å². The van der Waals surface area contributed by atoms with E-state index in [0.29, 0.717) is 27.2 Å². The van der Waals surface area contributed by atoms with Gasteiger partial charge in [0.2, 0.25) is 5.91 Å². The van der Waals surface area contributed by atoms with Gasteiger partial charge in [0.05, 0.1) is 30.1 Å². The Morgan fingerprint density at radius 1 is 1.10 bits per heavy atom. The van der Waals surface area contributed by atoms with E-state index < -0.39 is 12.1 Å². The van der Waals surface area contributed by atoms with Crippen LogP contribution >= 0.6 is 23.2 Å². The molecule has 2 aromatic rings. The second-order valence-electron chi connectivity index (χ2n) is 10.6. The first-order chi connectivity index (χ1) is 19.2. The van der Waals surface area contributed by atoms with E-state index in [1.54, 1.807) is 40.2 Å². The zero-order valence-corrected chi connectivity index (χ0v) is 24.1. The molecule has 212 valence electrons. The summed E-state index contributed by atoms with van der Waals surface area (Å²) in [5.74, 6) is -0.0879. The summed E-state index contributed by atoms with van der Waals surface area (Å²) in [6.07, 6.45) is 7.16. The second kappa shape index (κ2) is 12.2. The van der Waals surface area contributed by atoms with Crippen LogP contribution in [-0.2, 0) is 9.53 Å². The molecule has 1 fully saturated rings. The van der Waals surface area contributed by atoms with Crippen LogP contribution in [0.15, 0.2) is 59.3 Å². The maximum Gasteiger partial charge on any atom is 0.410 e. The molecule has 40 heavy (non-hydrogen) atoms. The number of hydrazine groups is 1. The molecule has 2 atom stereocenters. The molecule has 2 aromatic carbocycles. The van der Waals surface area contributed by atoms with Gasteiger partial charge >= 0.3 is 6.09 Å². The fourth-order valence-corrected chi connectivity index (χ4v) is 6.36. The number of rotatable bonds is 5. The first-order valence-corrected chi connectivity index (χ1v) is 14.3. The first-order valence-electron chi connectivity index (χ1n) is 13.6. The number of halogens is 3. The molecular formula is C30H33Cl2FN4O3. The van der Waals surface area contributed by atoms with Gasteiger partial charge in [-0.3, -0.25) is 14.7 Å². The standard InChI is InChI=1S/C30H33Cl2FN4O3/c1-18(20-6-4-3-5-7-20)34-29(38)27-24-17-36(30(39)40-2)16-21(14-19-8-11-23(33)12-9-19)28(24)37(35-27)26-13-10-22(31)15-25(26)32/h8-15,18,20,27,35H,3-7,16-17H2,1-2H3,(H,34,38)/b21-14+/t18-,27?/m0/s1. The third-order valence-corrected chi connectivity index (χ3v) is 8.48. The lowest BCUT2D eigenvalue weighted by atomic mass is 9.84. The number of ether oxygens (including phenoxy) is 1. The summed E-state index contributed by atoms with van der Waals surface area (Å²) in [7, 11) is 1.33. The molecule has 0 spiro atoms. The molecule has 7 nitrogen and oxygen atoms in total. The van der Waals surface area contributed by atoms with Gasteiger partial charge in [0.1, 0.15) is 11.9 Å². The summed E-state index contributed by atoms with van der Waals surface area (Å²) in [5.41, 5.74) is 6.91. The fraction of sp³-hybridized carbons (Fsp3) is 0.400. The maximum absolute atomic E-state index is 13.8. The van der Waals surface area contributed by atoms with Crippen molar-refractivity contribution in [1.29, 1.82) is 0 Å². The molecule has 10 heteroatoms. The minimum atomic E-state index is -0.753. The van der Waals surface area contributed by atoms with Crippen LogP contribution in [0.4, 0.5) is 14.9 Å². The van der Waals surface area contributed by atoms with Crippen molar-refractivity contribution in [3.63, 3.8) is 0 Å². The number of nitrogens with zero attached hydrogens (tertiary/aromatic N) is 2. The number of hydrogen-bond donors (Lipinski definition) is 2. The number of amides is 2. The van der Waals surface area contributed by atoms with Crippen molar-refractivity contribution in [3.05, 3.63) is 80.7 Å². The number of anilines is 1. The van der Waals surface area contributed by atoms with Gasteiger partial charge < -0.3 is 10.1 Å². The molecule has 2 aliphatic heterocycles. The Labute approximate surface area is 243 Å². The van der Waals surface area contributed by atoms with Crippen LogP contribution in [0.2, 0.25) is 10.0 Å². The Morgan fingerprint density at radius 2 is 1.82 bits per heavy atom. The summed E-state index contributed by atoms with van der Waals surface area (Å²) in [5, 5.41) is 5.93. The second-order valence-corrected chi connectivity index (χ2v) is 11.5. The number of hydrogen-bond acceptors (Lipinski definition) is 5. The van der Waals surface area contributed by atoms with Crippen molar-refractivity contribution < 1.29 is 18.7 Å². The van der Waals surface area contributed by atoms with E-state index in [1.165, 1.54) is 38.5 Å². The van der Waals surface area contributed by atoms with Crippen molar-refractivity contribution in [1.82, 2.24) is 15.6 Å². The Kier molecular flexibility index (Phi) is 8.68. The van der Waals surface area contributed by atoms with Gasteiger partial charge in [-0.15, -0.1) is 0 Å². The Morgan fingerprint density at radius 3 is 2.50 bits per heavy atom. The molecule has 2 N–H and O–H groups in total. The van der Waals surface area contributed by atoms with E-state index in [9.17, 15) is 14.0 Å². The van der Waals surface area contributed by atoms with Crippen molar-refractivity contribution in [2.24, 2.45) is 5.92 Å². The number of carbonyl (C=O) groups excluding carboxylic acids is 2. The summed E-state index contributed by atoms with van der Waals surface area (Å²) < 4.78 is 18.7. The van der Waals surface area contributed by atoms with Crippen LogP contribution in [0.25, 0.3) is 6.08 Å². The molecule has 1 aliphatic carbocycles. The van der Waals surface area contributed by atoms with E-state index in [1.807, 2.05) is 6.08 Å². The monoisotopic (exact) mass is 586 g/mol. The van der Waals surface area contributed by atoms with Gasteiger partial charge in [0, 0.05) is 23.2 Å². The molecule has 2 heterocycles. The van der Waals surface area contributed by atoms with Crippen LogP contribution < -0.4 is 15.8 Å². The lowest BCUT2D eigenvalue weighted by Gasteiger charge is -2.32. The number of carbonyl (C=O) groups is 2. The topological polar surface area (TPSA) is 73.9 Å². The lowest BCUT2D eigenvalue weighted by molar-refractivity contribution is -0.123. The number of methoxy groups -OCH3 is 1. The Balaban J connectivity index is 1.57. The lowest BCUT2D eigenvalue weighted by Crippen LogP contribution is -2.51. The highest BCUT2D eigenvalue weighted by atomic mass is 35.5. The first kappa shape index (κ1) is 28.5.